The molecule has 1 aliphatic rings. The summed E-state index contributed by atoms with van der Waals surface area (Å²) in [4.78, 5) is 16.0. The predicted octanol–water partition coefficient (Wildman–Crippen LogP) is 3.06. The van der Waals surface area contributed by atoms with Crippen molar-refractivity contribution in [3.63, 3.8) is 0 Å². The summed E-state index contributed by atoms with van der Waals surface area (Å²) >= 11 is 3.38. The van der Waals surface area contributed by atoms with Gasteiger partial charge in [-0.1, -0.05) is 12.2 Å². The first kappa shape index (κ1) is 11.3. The van der Waals surface area contributed by atoms with Crippen molar-refractivity contribution >= 4 is 27.7 Å². The van der Waals surface area contributed by atoms with Crippen LogP contribution in [-0.2, 0) is 4.79 Å². The molecule has 0 atom stereocenters. The lowest BCUT2D eigenvalue weighted by atomic mass is 10.1. The third kappa shape index (κ3) is 2.50. The summed E-state index contributed by atoms with van der Waals surface area (Å²) in [5, 5.41) is 2.84. The number of hydrogen-bond acceptors (Lipinski definition) is 2. The molecule has 0 saturated heterocycles. The molecule has 3 nitrogen and oxygen atoms in total. The molecule has 1 heterocycles. The fourth-order valence-corrected chi connectivity index (χ4v) is 1.88. The first-order valence-corrected chi connectivity index (χ1v) is 6.04. The van der Waals surface area contributed by atoms with Gasteiger partial charge in [0.1, 0.15) is 5.82 Å². The molecule has 0 aliphatic heterocycles. The third-order valence-corrected chi connectivity index (χ3v) is 3.51. The maximum Gasteiger partial charge on any atom is 0.229 e. The Morgan fingerprint density at radius 1 is 1.50 bits per heavy atom. The van der Waals surface area contributed by atoms with E-state index in [9.17, 15) is 4.79 Å². The van der Waals surface area contributed by atoms with Crippen molar-refractivity contribution in [2.45, 2.75) is 19.8 Å². The van der Waals surface area contributed by atoms with Gasteiger partial charge in [0.15, 0.2) is 0 Å². The fraction of sp³-hybridized carbons (Fsp3) is 0.333. The van der Waals surface area contributed by atoms with E-state index in [1.165, 1.54) is 0 Å². The van der Waals surface area contributed by atoms with Gasteiger partial charge in [0.05, 0.1) is 0 Å². The van der Waals surface area contributed by atoms with Crippen molar-refractivity contribution in [1.29, 1.82) is 0 Å². The fourth-order valence-electron chi connectivity index (χ4n) is 1.67. The average molecular weight is 281 g/mol. The molecule has 1 N–H and O–H groups in total. The number of carbonyl (C=O) groups excluding carboxylic acids is 1. The van der Waals surface area contributed by atoms with E-state index in [2.05, 4.69) is 26.2 Å². The van der Waals surface area contributed by atoms with E-state index in [1.807, 2.05) is 25.1 Å². The minimum Gasteiger partial charge on any atom is -0.310 e. The molecule has 0 aromatic carbocycles. The Bertz CT molecular complexity index is 435. The highest BCUT2D eigenvalue weighted by Crippen LogP contribution is 2.21. The number of nitrogens with zero attached hydrogens (tertiary/aromatic N) is 1. The van der Waals surface area contributed by atoms with Gasteiger partial charge >= 0.3 is 0 Å². The summed E-state index contributed by atoms with van der Waals surface area (Å²) in [7, 11) is 0. The van der Waals surface area contributed by atoms with Gasteiger partial charge in [0, 0.05) is 16.6 Å². The van der Waals surface area contributed by atoms with Gasteiger partial charge in [-0.15, -0.1) is 0 Å². The smallest absolute Gasteiger partial charge is 0.229 e. The zero-order chi connectivity index (χ0) is 11.5. The molecule has 0 fully saturated rings. The van der Waals surface area contributed by atoms with Crippen molar-refractivity contribution < 1.29 is 4.79 Å². The van der Waals surface area contributed by atoms with Crippen LogP contribution in [0.4, 0.5) is 5.82 Å². The van der Waals surface area contributed by atoms with E-state index in [0.717, 1.165) is 22.9 Å². The number of aromatic nitrogens is 1. The van der Waals surface area contributed by atoms with Crippen LogP contribution in [0.2, 0.25) is 0 Å². The molecule has 2 rings (SSSR count). The van der Waals surface area contributed by atoms with Gasteiger partial charge in [0.2, 0.25) is 5.91 Å². The number of halogens is 1. The van der Waals surface area contributed by atoms with E-state index < -0.39 is 0 Å². The maximum atomic E-state index is 11.8. The normalized spacial score (nSPS) is 15.4. The molecule has 1 aliphatic carbocycles. The van der Waals surface area contributed by atoms with E-state index in [-0.39, 0.29) is 11.8 Å². The van der Waals surface area contributed by atoms with E-state index in [0.29, 0.717) is 5.82 Å². The van der Waals surface area contributed by atoms with Gasteiger partial charge in [-0.2, -0.15) is 0 Å². The van der Waals surface area contributed by atoms with Crippen molar-refractivity contribution in [3.8, 4) is 0 Å². The zero-order valence-corrected chi connectivity index (χ0v) is 10.6. The Kier molecular flexibility index (Phi) is 3.39. The molecule has 84 valence electrons. The van der Waals surface area contributed by atoms with Gasteiger partial charge in [-0.05, 0) is 47.3 Å². The second kappa shape index (κ2) is 4.78. The van der Waals surface area contributed by atoms with Gasteiger partial charge < -0.3 is 5.32 Å². The number of amides is 1. The molecule has 16 heavy (non-hydrogen) atoms. The standard InChI is InChI=1S/C12H13BrN2O/c1-8-6-11(14-7-10(8)13)15-12(16)9-4-2-3-5-9/h2-3,6-7,9H,4-5H2,1H3,(H,14,15,16). The monoisotopic (exact) mass is 280 g/mol. The minimum absolute atomic E-state index is 0.0548. The number of carbonyl (C=O) groups is 1. The van der Waals surface area contributed by atoms with Crippen molar-refractivity contribution in [1.82, 2.24) is 4.98 Å². The lowest BCUT2D eigenvalue weighted by Crippen LogP contribution is -2.21. The summed E-state index contributed by atoms with van der Waals surface area (Å²) in [6, 6.07) is 1.87. The highest BCUT2D eigenvalue weighted by atomic mass is 79.9. The van der Waals surface area contributed by atoms with Gasteiger partial charge in [-0.25, -0.2) is 4.98 Å². The SMILES string of the molecule is Cc1cc(NC(=O)C2CC=CC2)ncc1Br. The Balaban J connectivity index is 2.03. The van der Waals surface area contributed by atoms with Gasteiger partial charge in [0.25, 0.3) is 0 Å². The van der Waals surface area contributed by atoms with Crippen LogP contribution in [0.3, 0.4) is 0 Å². The molecule has 0 radical (unpaired) electrons. The molecule has 0 unspecified atom stereocenters. The number of hydrogen-bond donors (Lipinski definition) is 1. The first-order valence-electron chi connectivity index (χ1n) is 5.25. The quantitative estimate of drug-likeness (QED) is 0.846. The van der Waals surface area contributed by atoms with E-state index in [1.54, 1.807) is 6.20 Å². The number of aryl methyl sites for hydroxylation is 1. The van der Waals surface area contributed by atoms with Crippen LogP contribution in [0, 0.1) is 12.8 Å². The second-order valence-corrected chi connectivity index (χ2v) is 4.80. The highest BCUT2D eigenvalue weighted by molar-refractivity contribution is 9.10. The molecule has 1 aromatic heterocycles. The number of anilines is 1. The molecule has 0 spiro atoms. The van der Waals surface area contributed by atoms with Crippen LogP contribution in [-0.4, -0.2) is 10.9 Å². The molecule has 0 bridgehead atoms. The second-order valence-electron chi connectivity index (χ2n) is 3.95. The molecular weight excluding hydrogens is 268 g/mol. The summed E-state index contributed by atoms with van der Waals surface area (Å²) < 4.78 is 0.952. The Hall–Kier alpha value is -1.16. The van der Waals surface area contributed by atoms with Crippen LogP contribution in [0.5, 0.6) is 0 Å². The third-order valence-electron chi connectivity index (χ3n) is 2.68. The summed E-state index contributed by atoms with van der Waals surface area (Å²) in [5.74, 6) is 0.752. The topological polar surface area (TPSA) is 42.0 Å². The van der Waals surface area contributed by atoms with E-state index >= 15 is 0 Å². The first-order chi connectivity index (χ1) is 7.66. The van der Waals surface area contributed by atoms with Crippen molar-refractivity contribution in [2.75, 3.05) is 5.32 Å². The van der Waals surface area contributed by atoms with Crippen molar-refractivity contribution in [2.24, 2.45) is 5.92 Å². The number of pyridine rings is 1. The molecule has 4 heteroatoms. The Morgan fingerprint density at radius 2 is 2.19 bits per heavy atom. The predicted molar refractivity (Wildman–Crippen MR) is 67.2 cm³/mol. The van der Waals surface area contributed by atoms with E-state index in [4.69, 9.17) is 0 Å². The molecule has 1 amide bonds. The maximum absolute atomic E-state index is 11.8. The average Bonchev–Trinajstić information content (AvgIpc) is 2.77. The minimum atomic E-state index is 0.0548. The number of allylic oxidation sites excluding steroid dienone is 2. The van der Waals surface area contributed by atoms with Crippen LogP contribution in [0.15, 0.2) is 28.9 Å². The summed E-state index contributed by atoms with van der Waals surface area (Å²) in [5.41, 5.74) is 1.06. The lowest BCUT2D eigenvalue weighted by molar-refractivity contribution is -0.119. The van der Waals surface area contributed by atoms with Crippen LogP contribution in [0.25, 0.3) is 0 Å². The van der Waals surface area contributed by atoms with Crippen molar-refractivity contribution in [3.05, 3.63) is 34.5 Å². The number of rotatable bonds is 2. The van der Waals surface area contributed by atoms with Gasteiger partial charge in [-0.3, -0.25) is 4.79 Å². The Labute approximate surface area is 103 Å². The van der Waals surface area contributed by atoms with Crippen LogP contribution < -0.4 is 5.32 Å². The lowest BCUT2D eigenvalue weighted by Gasteiger charge is -2.10. The van der Waals surface area contributed by atoms with Crippen LogP contribution >= 0.6 is 15.9 Å². The van der Waals surface area contributed by atoms with Crippen LogP contribution in [0.1, 0.15) is 18.4 Å². The molecule has 1 aromatic rings. The zero-order valence-electron chi connectivity index (χ0n) is 9.03. The number of nitrogens with one attached hydrogen (secondary N) is 1. The highest BCUT2D eigenvalue weighted by Gasteiger charge is 2.19. The summed E-state index contributed by atoms with van der Waals surface area (Å²) in [6.07, 6.45) is 7.47. The molecule has 0 saturated carbocycles. The molecular formula is C12H13BrN2O. The Morgan fingerprint density at radius 3 is 2.81 bits per heavy atom. The summed E-state index contributed by atoms with van der Waals surface area (Å²) in [6.45, 7) is 1.97. The largest absolute Gasteiger partial charge is 0.310 e.